The third-order valence-corrected chi connectivity index (χ3v) is 6.57. The number of para-hydroxylation sites is 1. The molecule has 1 aromatic heterocycles. The van der Waals surface area contributed by atoms with Crippen LogP contribution < -0.4 is 20.5 Å². The van der Waals surface area contributed by atoms with Crippen LogP contribution in [0.1, 0.15) is 37.6 Å². The second-order valence-corrected chi connectivity index (χ2v) is 11.1. The molecule has 200 valence electrons. The number of carbonyl (C=O) groups excluding carboxylic acids is 3. The molecule has 0 unspecified atom stereocenters. The molecule has 3 aromatic rings. The molecule has 0 atom stereocenters. The van der Waals surface area contributed by atoms with Gasteiger partial charge in [0.15, 0.2) is 5.75 Å². The monoisotopic (exact) mass is 556 g/mol. The summed E-state index contributed by atoms with van der Waals surface area (Å²) in [4.78, 5) is 42.4. The van der Waals surface area contributed by atoms with Crippen LogP contribution in [0.3, 0.4) is 0 Å². The van der Waals surface area contributed by atoms with E-state index in [0.29, 0.717) is 28.8 Å². The highest BCUT2D eigenvalue weighted by atomic mass is 35.5. The second-order valence-electron chi connectivity index (χ2n) is 9.62. The Morgan fingerprint density at radius 2 is 1.87 bits per heavy atom. The maximum absolute atomic E-state index is 13.2. The van der Waals surface area contributed by atoms with Crippen LogP contribution in [0.2, 0.25) is 5.02 Å². The first-order valence-electron chi connectivity index (χ1n) is 12.0. The summed E-state index contributed by atoms with van der Waals surface area (Å²) in [5.41, 5.74) is 5.49. The summed E-state index contributed by atoms with van der Waals surface area (Å²) >= 11 is 7.71. The molecule has 0 spiro atoms. The molecule has 0 bridgehead atoms. The highest BCUT2D eigenvalue weighted by Crippen LogP contribution is 2.40. The molecular formula is C27H29ClN4O5S. The highest BCUT2D eigenvalue weighted by molar-refractivity contribution is 7.09. The van der Waals surface area contributed by atoms with Gasteiger partial charge in [-0.1, -0.05) is 35.9 Å². The largest absolute Gasteiger partial charge is 0.455 e. The Morgan fingerprint density at radius 1 is 1.08 bits per heavy atom. The van der Waals surface area contributed by atoms with E-state index in [-0.39, 0.29) is 19.5 Å². The first-order chi connectivity index (χ1) is 18.1. The summed E-state index contributed by atoms with van der Waals surface area (Å²) in [6, 6.07) is 15.6. The summed E-state index contributed by atoms with van der Waals surface area (Å²) in [6.45, 7) is 5.99. The fraction of sp³-hybridized carbons (Fsp3) is 0.296. The van der Waals surface area contributed by atoms with Gasteiger partial charge in [0.2, 0.25) is 5.91 Å². The van der Waals surface area contributed by atoms with E-state index in [2.05, 4.69) is 10.9 Å². The van der Waals surface area contributed by atoms with Gasteiger partial charge in [-0.05, 0) is 56.5 Å². The number of amides is 4. The Balaban J connectivity index is 1.39. The quantitative estimate of drug-likeness (QED) is 0.371. The first kappa shape index (κ1) is 27.3. The number of nitrogens with one attached hydrogen (secondary N) is 2. The van der Waals surface area contributed by atoms with Crippen molar-refractivity contribution in [1.29, 1.82) is 0 Å². The average molecular weight is 557 g/mol. The topological polar surface area (TPSA) is 100 Å². The predicted octanol–water partition coefficient (Wildman–Crippen LogP) is 6.08. The maximum atomic E-state index is 13.2. The number of hydrogen-bond donors (Lipinski definition) is 2. The molecule has 0 aliphatic carbocycles. The molecule has 2 heterocycles. The van der Waals surface area contributed by atoms with Crippen LogP contribution in [0.4, 0.5) is 15.3 Å². The second kappa shape index (κ2) is 11.7. The molecule has 2 N–H and O–H groups in total. The average Bonchev–Trinajstić information content (AvgIpc) is 3.31. The summed E-state index contributed by atoms with van der Waals surface area (Å²) in [5, 5.41) is 2.36. The molecule has 0 fully saturated rings. The van der Waals surface area contributed by atoms with Gasteiger partial charge in [0.05, 0.1) is 18.8 Å². The van der Waals surface area contributed by atoms with Gasteiger partial charge in [-0.3, -0.25) is 15.1 Å². The minimum Gasteiger partial charge on any atom is -0.455 e. The Kier molecular flexibility index (Phi) is 8.43. The number of ether oxygens (including phenoxy) is 2. The molecule has 9 nitrogen and oxygen atoms in total. The van der Waals surface area contributed by atoms with Crippen LogP contribution in [0.25, 0.3) is 0 Å². The zero-order chi connectivity index (χ0) is 27.3. The Hall–Kier alpha value is -3.76. The van der Waals surface area contributed by atoms with E-state index >= 15 is 0 Å². The van der Waals surface area contributed by atoms with Crippen molar-refractivity contribution in [3.63, 3.8) is 0 Å². The van der Waals surface area contributed by atoms with Gasteiger partial charge >= 0.3 is 12.1 Å². The summed E-state index contributed by atoms with van der Waals surface area (Å²) in [6.07, 6.45) is -0.557. The number of urea groups is 1. The fourth-order valence-electron chi connectivity index (χ4n) is 3.72. The van der Waals surface area contributed by atoms with E-state index in [4.69, 9.17) is 21.1 Å². The number of thiophene rings is 1. The molecule has 0 radical (unpaired) electrons. The van der Waals surface area contributed by atoms with E-state index in [1.54, 1.807) is 39.0 Å². The smallest absolute Gasteiger partial charge is 0.410 e. The number of anilines is 1. The van der Waals surface area contributed by atoms with E-state index in [9.17, 15) is 14.4 Å². The summed E-state index contributed by atoms with van der Waals surface area (Å²) < 4.78 is 11.5. The molecular weight excluding hydrogens is 528 g/mol. The van der Waals surface area contributed by atoms with Crippen molar-refractivity contribution < 1.29 is 23.9 Å². The number of fused-ring (bicyclic) bond motifs is 2. The zero-order valence-electron chi connectivity index (χ0n) is 21.3. The first-order valence-corrected chi connectivity index (χ1v) is 13.3. The van der Waals surface area contributed by atoms with Crippen LogP contribution in [0.5, 0.6) is 11.5 Å². The van der Waals surface area contributed by atoms with Gasteiger partial charge < -0.3 is 14.4 Å². The number of hydrazine groups is 1. The minimum absolute atomic E-state index is 0.0424. The van der Waals surface area contributed by atoms with Crippen molar-refractivity contribution in [2.75, 3.05) is 11.4 Å². The van der Waals surface area contributed by atoms with E-state index in [0.717, 1.165) is 10.4 Å². The molecule has 4 rings (SSSR count). The van der Waals surface area contributed by atoms with Crippen LogP contribution >= 0.6 is 22.9 Å². The van der Waals surface area contributed by atoms with Gasteiger partial charge in [-0.25, -0.2) is 15.0 Å². The summed E-state index contributed by atoms with van der Waals surface area (Å²) in [7, 11) is 0. The standard InChI is InChI=1S/C27H29ClN4O5S/c1-27(2,3)37-26(35)31(17-20-8-6-14-38-20)13-12-24(33)29-30-25(34)32-16-18-7-4-5-9-22(18)36-23-11-10-19(28)15-21(23)32/h4-11,14-15H,12-13,16-17H2,1-3H3,(H,29,33)(H,30,34). The van der Waals surface area contributed by atoms with Gasteiger partial charge in [-0.15, -0.1) is 11.3 Å². The van der Waals surface area contributed by atoms with E-state index < -0.39 is 23.6 Å². The van der Waals surface area contributed by atoms with Gasteiger partial charge in [0.1, 0.15) is 11.4 Å². The Morgan fingerprint density at radius 3 is 2.61 bits per heavy atom. The molecule has 2 aromatic carbocycles. The predicted molar refractivity (Wildman–Crippen MR) is 146 cm³/mol. The zero-order valence-corrected chi connectivity index (χ0v) is 22.9. The SMILES string of the molecule is CC(C)(C)OC(=O)N(CCC(=O)NNC(=O)N1Cc2ccccc2Oc2ccc(Cl)cc21)Cc1cccs1. The molecule has 11 heteroatoms. The van der Waals surface area contributed by atoms with Crippen molar-refractivity contribution in [2.45, 2.75) is 45.9 Å². The Labute approximate surface area is 230 Å². The van der Waals surface area contributed by atoms with E-state index in [1.165, 1.54) is 21.1 Å². The van der Waals surface area contributed by atoms with Crippen LogP contribution in [0.15, 0.2) is 60.0 Å². The minimum atomic E-state index is -0.671. The maximum Gasteiger partial charge on any atom is 0.410 e. The van der Waals surface area contributed by atoms with Gasteiger partial charge in [0, 0.05) is 28.4 Å². The van der Waals surface area contributed by atoms with Crippen molar-refractivity contribution in [2.24, 2.45) is 0 Å². The lowest BCUT2D eigenvalue weighted by Crippen LogP contribution is -2.49. The number of nitrogens with zero attached hydrogens (tertiary/aromatic N) is 2. The third kappa shape index (κ3) is 7.17. The van der Waals surface area contributed by atoms with Crippen LogP contribution in [-0.2, 0) is 22.6 Å². The van der Waals surface area contributed by atoms with Crippen LogP contribution in [0, 0.1) is 0 Å². The number of benzene rings is 2. The number of hydrogen-bond acceptors (Lipinski definition) is 6. The lowest BCUT2D eigenvalue weighted by Gasteiger charge is -2.27. The Bertz CT molecular complexity index is 1310. The van der Waals surface area contributed by atoms with Crippen molar-refractivity contribution in [3.8, 4) is 11.5 Å². The fourth-order valence-corrected chi connectivity index (χ4v) is 4.60. The van der Waals surface area contributed by atoms with Gasteiger partial charge in [0.25, 0.3) is 0 Å². The molecule has 1 aliphatic rings. The molecule has 0 saturated carbocycles. The lowest BCUT2D eigenvalue weighted by molar-refractivity contribution is -0.122. The molecule has 1 aliphatic heterocycles. The summed E-state index contributed by atoms with van der Waals surface area (Å²) in [5.74, 6) is 0.627. The van der Waals surface area contributed by atoms with Crippen molar-refractivity contribution >= 4 is 46.7 Å². The van der Waals surface area contributed by atoms with Crippen LogP contribution in [-0.4, -0.2) is 35.1 Å². The molecule has 0 saturated heterocycles. The normalized spacial score (nSPS) is 12.4. The number of carbonyl (C=O) groups is 3. The van der Waals surface area contributed by atoms with Crippen molar-refractivity contribution in [1.82, 2.24) is 15.8 Å². The highest BCUT2D eigenvalue weighted by Gasteiger charge is 2.27. The third-order valence-electron chi connectivity index (χ3n) is 5.47. The number of rotatable bonds is 5. The lowest BCUT2D eigenvalue weighted by atomic mass is 10.2. The molecule has 4 amide bonds. The van der Waals surface area contributed by atoms with E-state index in [1.807, 2.05) is 41.8 Å². The molecule has 38 heavy (non-hydrogen) atoms. The van der Waals surface area contributed by atoms with Gasteiger partial charge in [-0.2, -0.15) is 0 Å². The van der Waals surface area contributed by atoms with Crippen molar-refractivity contribution in [3.05, 3.63) is 75.4 Å². The number of halogens is 1.